The van der Waals surface area contributed by atoms with Gasteiger partial charge in [-0.05, 0) is 50.1 Å². The molecular formula is C18H18FNO. The van der Waals surface area contributed by atoms with Gasteiger partial charge in [0.1, 0.15) is 5.82 Å². The number of benzene rings is 2. The minimum absolute atomic E-state index is 0.100. The van der Waals surface area contributed by atoms with E-state index in [1.807, 2.05) is 39.0 Å². The lowest BCUT2D eigenvalue weighted by atomic mass is 10.0. The van der Waals surface area contributed by atoms with Crippen molar-refractivity contribution >= 4 is 11.5 Å². The molecule has 0 aliphatic carbocycles. The van der Waals surface area contributed by atoms with Crippen molar-refractivity contribution in [2.24, 2.45) is 0 Å². The topological polar surface area (TPSA) is 29.1 Å². The highest BCUT2D eigenvalue weighted by molar-refractivity contribution is 6.05. The molecule has 0 radical (unpaired) electrons. The van der Waals surface area contributed by atoms with Crippen molar-refractivity contribution in [2.75, 3.05) is 5.32 Å². The van der Waals surface area contributed by atoms with Crippen molar-refractivity contribution in [3.63, 3.8) is 0 Å². The van der Waals surface area contributed by atoms with Gasteiger partial charge in [0.05, 0.1) is 5.69 Å². The van der Waals surface area contributed by atoms with Crippen LogP contribution in [0.5, 0.6) is 0 Å². The van der Waals surface area contributed by atoms with Crippen molar-refractivity contribution in [3.8, 4) is 0 Å². The molecule has 2 aromatic rings. The fraction of sp³-hybridized carbons (Fsp3) is 0.167. The van der Waals surface area contributed by atoms with Crippen LogP contribution >= 0.6 is 0 Å². The van der Waals surface area contributed by atoms with Crippen molar-refractivity contribution in [2.45, 2.75) is 20.8 Å². The predicted molar refractivity (Wildman–Crippen MR) is 84.1 cm³/mol. The molecule has 0 atom stereocenters. The Morgan fingerprint density at radius 1 is 1.05 bits per heavy atom. The van der Waals surface area contributed by atoms with E-state index >= 15 is 0 Å². The maximum Gasteiger partial charge on any atom is 0.187 e. The first-order valence-corrected chi connectivity index (χ1v) is 6.78. The molecule has 0 aromatic heterocycles. The van der Waals surface area contributed by atoms with Gasteiger partial charge in [-0.25, -0.2) is 4.39 Å². The Balaban J connectivity index is 2.12. The summed E-state index contributed by atoms with van der Waals surface area (Å²) >= 11 is 0. The van der Waals surface area contributed by atoms with Gasteiger partial charge >= 0.3 is 0 Å². The van der Waals surface area contributed by atoms with Gasteiger partial charge in [-0.3, -0.25) is 4.79 Å². The Hall–Kier alpha value is -2.42. The van der Waals surface area contributed by atoms with Gasteiger partial charge in [0.25, 0.3) is 0 Å². The summed E-state index contributed by atoms with van der Waals surface area (Å²) < 4.78 is 13.6. The van der Waals surface area contributed by atoms with E-state index in [9.17, 15) is 9.18 Å². The summed E-state index contributed by atoms with van der Waals surface area (Å²) in [5, 5.41) is 2.81. The quantitative estimate of drug-likeness (QED) is 0.658. The van der Waals surface area contributed by atoms with Crippen LogP contribution in [0.3, 0.4) is 0 Å². The number of ketones is 1. The van der Waals surface area contributed by atoms with Gasteiger partial charge in [-0.2, -0.15) is 0 Å². The third kappa shape index (κ3) is 3.78. The zero-order valence-electron chi connectivity index (χ0n) is 12.4. The lowest BCUT2D eigenvalue weighted by Crippen LogP contribution is -2.00. The molecule has 108 valence electrons. The van der Waals surface area contributed by atoms with E-state index in [4.69, 9.17) is 0 Å². The molecule has 0 unspecified atom stereocenters. The Morgan fingerprint density at radius 2 is 1.71 bits per heavy atom. The molecule has 0 fully saturated rings. The summed E-state index contributed by atoms with van der Waals surface area (Å²) in [7, 11) is 0. The molecule has 0 aliphatic rings. The van der Waals surface area contributed by atoms with Crippen LogP contribution in [-0.2, 0) is 0 Å². The van der Waals surface area contributed by atoms with Gasteiger partial charge in [0.2, 0.25) is 0 Å². The van der Waals surface area contributed by atoms with E-state index < -0.39 is 0 Å². The minimum atomic E-state index is -0.343. The summed E-state index contributed by atoms with van der Waals surface area (Å²) in [4.78, 5) is 12.1. The van der Waals surface area contributed by atoms with Crippen molar-refractivity contribution in [3.05, 3.63) is 76.7 Å². The molecule has 2 aromatic carbocycles. The highest BCUT2D eigenvalue weighted by Gasteiger charge is 2.06. The second kappa shape index (κ2) is 6.35. The fourth-order valence-corrected chi connectivity index (χ4v) is 2.05. The normalized spacial score (nSPS) is 10.9. The SMILES string of the molecule is Cc1ccc(F)c(NC=CC(=O)c2cc(C)ccc2C)c1. The molecule has 2 rings (SSSR count). The number of hydrogen-bond acceptors (Lipinski definition) is 2. The minimum Gasteiger partial charge on any atom is -0.359 e. The van der Waals surface area contributed by atoms with Gasteiger partial charge in [-0.1, -0.05) is 23.8 Å². The van der Waals surface area contributed by atoms with Crippen molar-refractivity contribution in [1.82, 2.24) is 0 Å². The van der Waals surface area contributed by atoms with Crippen LogP contribution in [0, 0.1) is 26.6 Å². The number of carbonyl (C=O) groups excluding carboxylic acids is 1. The van der Waals surface area contributed by atoms with E-state index in [2.05, 4.69) is 5.32 Å². The number of carbonyl (C=O) groups is 1. The average Bonchev–Trinajstić information content (AvgIpc) is 2.45. The number of hydrogen-bond donors (Lipinski definition) is 1. The molecular weight excluding hydrogens is 265 g/mol. The van der Waals surface area contributed by atoms with Crippen LogP contribution in [0.15, 0.2) is 48.7 Å². The Bertz CT molecular complexity index is 704. The van der Waals surface area contributed by atoms with E-state index in [1.54, 1.807) is 12.1 Å². The molecule has 0 aliphatic heterocycles. The largest absolute Gasteiger partial charge is 0.359 e. The lowest BCUT2D eigenvalue weighted by Gasteiger charge is -2.05. The zero-order valence-corrected chi connectivity index (χ0v) is 12.4. The predicted octanol–water partition coefficient (Wildman–Crippen LogP) is 4.56. The van der Waals surface area contributed by atoms with E-state index in [0.717, 1.165) is 16.7 Å². The number of halogens is 1. The van der Waals surface area contributed by atoms with Crippen LogP contribution in [0.4, 0.5) is 10.1 Å². The summed E-state index contributed by atoms with van der Waals surface area (Å²) in [6, 6.07) is 10.5. The number of allylic oxidation sites excluding steroid dienone is 1. The first kappa shape index (κ1) is 15.0. The fourth-order valence-electron chi connectivity index (χ4n) is 2.05. The molecule has 0 heterocycles. The summed E-state index contributed by atoms with van der Waals surface area (Å²) in [6.45, 7) is 5.73. The molecule has 0 spiro atoms. The Kier molecular flexibility index (Phi) is 4.53. The zero-order chi connectivity index (χ0) is 15.4. The second-order valence-corrected chi connectivity index (χ2v) is 5.14. The summed E-state index contributed by atoms with van der Waals surface area (Å²) in [5.41, 5.74) is 3.94. The van der Waals surface area contributed by atoms with Gasteiger partial charge in [-0.15, -0.1) is 0 Å². The molecule has 0 bridgehead atoms. The van der Waals surface area contributed by atoms with Crippen LogP contribution in [0.1, 0.15) is 27.0 Å². The van der Waals surface area contributed by atoms with Gasteiger partial charge in [0.15, 0.2) is 5.78 Å². The van der Waals surface area contributed by atoms with Gasteiger partial charge in [0, 0.05) is 17.8 Å². The number of aryl methyl sites for hydroxylation is 3. The molecule has 1 N–H and O–H groups in total. The number of anilines is 1. The summed E-state index contributed by atoms with van der Waals surface area (Å²) in [5.74, 6) is -0.443. The monoisotopic (exact) mass is 283 g/mol. The van der Waals surface area contributed by atoms with E-state index in [1.165, 1.54) is 18.3 Å². The Morgan fingerprint density at radius 3 is 2.48 bits per heavy atom. The van der Waals surface area contributed by atoms with Crippen molar-refractivity contribution in [1.29, 1.82) is 0 Å². The van der Waals surface area contributed by atoms with Crippen LogP contribution < -0.4 is 5.32 Å². The molecule has 2 nitrogen and oxygen atoms in total. The smallest absolute Gasteiger partial charge is 0.187 e. The third-order valence-electron chi connectivity index (χ3n) is 3.25. The standard InChI is InChI=1S/C18H18FNO/c1-12-4-6-14(3)15(10-12)18(21)8-9-20-17-11-13(2)5-7-16(17)19/h4-11,20H,1-3H3. The van der Waals surface area contributed by atoms with Crippen molar-refractivity contribution < 1.29 is 9.18 Å². The van der Waals surface area contributed by atoms with Crippen LogP contribution in [-0.4, -0.2) is 5.78 Å². The first-order chi connectivity index (χ1) is 9.97. The highest BCUT2D eigenvalue weighted by Crippen LogP contribution is 2.16. The van der Waals surface area contributed by atoms with Crippen LogP contribution in [0.25, 0.3) is 0 Å². The Labute approximate surface area is 124 Å². The molecule has 0 amide bonds. The highest BCUT2D eigenvalue weighted by atomic mass is 19.1. The third-order valence-corrected chi connectivity index (χ3v) is 3.25. The molecule has 3 heteroatoms. The second-order valence-electron chi connectivity index (χ2n) is 5.14. The maximum atomic E-state index is 13.6. The molecule has 0 saturated carbocycles. The molecule has 0 saturated heterocycles. The van der Waals surface area contributed by atoms with Crippen LogP contribution in [0.2, 0.25) is 0 Å². The van der Waals surface area contributed by atoms with E-state index in [0.29, 0.717) is 11.3 Å². The van der Waals surface area contributed by atoms with Gasteiger partial charge < -0.3 is 5.32 Å². The maximum absolute atomic E-state index is 13.6. The number of nitrogens with one attached hydrogen (secondary N) is 1. The first-order valence-electron chi connectivity index (χ1n) is 6.78. The summed E-state index contributed by atoms with van der Waals surface area (Å²) in [6.07, 6.45) is 2.89. The molecule has 21 heavy (non-hydrogen) atoms. The lowest BCUT2D eigenvalue weighted by molar-refractivity contribution is 0.104. The average molecular weight is 283 g/mol. The number of rotatable bonds is 4. The van der Waals surface area contributed by atoms with E-state index in [-0.39, 0.29) is 11.6 Å².